The number of rotatable bonds is 2. The molecule has 1 heterocycles. The van der Waals surface area contributed by atoms with Gasteiger partial charge in [-0.2, -0.15) is 0 Å². The van der Waals surface area contributed by atoms with E-state index in [4.69, 9.17) is 5.73 Å². The summed E-state index contributed by atoms with van der Waals surface area (Å²) >= 11 is 1.70. The first-order valence-electron chi connectivity index (χ1n) is 4.22. The van der Waals surface area contributed by atoms with E-state index < -0.39 is 0 Å². The second kappa shape index (κ2) is 5.15. The Kier molecular flexibility index (Phi) is 4.14. The second-order valence-electron chi connectivity index (χ2n) is 2.90. The van der Waals surface area contributed by atoms with Crippen LogP contribution in [0.1, 0.15) is 16.5 Å². The summed E-state index contributed by atoms with van der Waals surface area (Å²) in [5.74, 6) is 0. The van der Waals surface area contributed by atoms with Gasteiger partial charge in [0.15, 0.2) is 0 Å². The second-order valence-corrected chi connectivity index (χ2v) is 3.88. The fraction of sp³-hybridized carbons (Fsp3) is 0.0909. The summed E-state index contributed by atoms with van der Waals surface area (Å²) in [5, 5.41) is 2.05. The Morgan fingerprint density at radius 2 is 1.71 bits per heavy atom. The number of benzene rings is 1. The Bertz CT molecular complexity index is 358. The van der Waals surface area contributed by atoms with Crippen molar-refractivity contribution in [2.24, 2.45) is 5.73 Å². The van der Waals surface area contributed by atoms with Crippen LogP contribution in [-0.2, 0) is 0 Å². The smallest absolute Gasteiger partial charge is 0.0645 e. The third kappa shape index (κ3) is 2.35. The van der Waals surface area contributed by atoms with Crippen LogP contribution in [0, 0.1) is 0 Å². The van der Waals surface area contributed by atoms with E-state index >= 15 is 0 Å². The third-order valence-electron chi connectivity index (χ3n) is 2.01. The van der Waals surface area contributed by atoms with Crippen molar-refractivity contribution in [2.75, 3.05) is 0 Å². The van der Waals surface area contributed by atoms with E-state index in [2.05, 4.69) is 23.6 Å². The predicted octanol–water partition coefficient (Wildman–Crippen LogP) is 3.22. The molecule has 14 heavy (non-hydrogen) atoms. The minimum Gasteiger partial charge on any atom is -0.320 e. The third-order valence-corrected chi connectivity index (χ3v) is 2.96. The van der Waals surface area contributed by atoms with Crippen molar-refractivity contribution in [3.8, 4) is 0 Å². The molecule has 0 fully saturated rings. The first kappa shape index (κ1) is 11.2. The molecule has 2 N–H and O–H groups in total. The van der Waals surface area contributed by atoms with Crippen LogP contribution >= 0.6 is 23.7 Å². The molecule has 2 rings (SSSR count). The molecule has 1 atom stereocenters. The Morgan fingerprint density at radius 3 is 2.29 bits per heavy atom. The van der Waals surface area contributed by atoms with Gasteiger partial charge in [-0.25, -0.2) is 0 Å². The van der Waals surface area contributed by atoms with Crippen LogP contribution in [0.2, 0.25) is 0 Å². The van der Waals surface area contributed by atoms with Crippen molar-refractivity contribution in [2.45, 2.75) is 6.04 Å². The Balaban J connectivity index is 0.000000980. The number of halogens is 1. The molecule has 1 aromatic heterocycles. The molecule has 1 nitrogen and oxygen atoms in total. The largest absolute Gasteiger partial charge is 0.320 e. The zero-order chi connectivity index (χ0) is 9.10. The average molecular weight is 226 g/mol. The summed E-state index contributed by atoms with van der Waals surface area (Å²) in [4.78, 5) is 1.21. The highest BCUT2D eigenvalue weighted by Crippen LogP contribution is 2.22. The van der Waals surface area contributed by atoms with Gasteiger partial charge in [-0.15, -0.1) is 23.7 Å². The van der Waals surface area contributed by atoms with Crippen molar-refractivity contribution >= 4 is 23.7 Å². The van der Waals surface area contributed by atoms with Crippen molar-refractivity contribution in [3.05, 3.63) is 58.3 Å². The Morgan fingerprint density at radius 1 is 1.00 bits per heavy atom. The summed E-state index contributed by atoms with van der Waals surface area (Å²) in [6, 6.07) is 14.3. The topological polar surface area (TPSA) is 26.0 Å². The lowest BCUT2D eigenvalue weighted by molar-refractivity contribution is 0.893. The summed E-state index contributed by atoms with van der Waals surface area (Å²) in [6.45, 7) is 0. The monoisotopic (exact) mass is 225 g/mol. The lowest BCUT2D eigenvalue weighted by Gasteiger charge is -2.08. The standard InChI is InChI=1S/C11H11NS.ClH/c12-11(10-7-4-8-13-10)9-5-2-1-3-6-9;/h1-8,11H,12H2;1H/t11-;/m1./s1. The number of thiophene rings is 1. The first-order valence-corrected chi connectivity index (χ1v) is 5.10. The maximum Gasteiger partial charge on any atom is 0.0645 e. The highest BCUT2D eigenvalue weighted by atomic mass is 35.5. The van der Waals surface area contributed by atoms with Gasteiger partial charge < -0.3 is 5.73 Å². The molecule has 74 valence electrons. The fourth-order valence-electron chi connectivity index (χ4n) is 1.29. The van der Waals surface area contributed by atoms with Crippen LogP contribution in [0.3, 0.4) is 0 Å². The molecule has 0 saturated heterocycles. The minimum atomic E-state index is 0. The average Bonchev–Trinajstić information content (AvgIpc) is 2.71. The molecule has 2 aromatic rings. The highest BCUT2D eigenvalue weighted by molar-refractivity contribution is 7.10. The summed E-state index contributed by atoms with van der Waals surface area (Å²) in [5.41, 5.74) is 7.24. The first-order chi connectivity index (χ1) is 6.38. The van der Waals surface area contributed by atoms with Crippen molar-refractivity contribution in [1.29, 1.82) is 0 Å². The number of hydrogen-bond acceptors (Lipinski definition) is 2. The lowest BCUT2D eigenvalue weighted by atomic mass is 10.1. The summed E-state index contributed by atoms with van der Waals surface area (Å²) in [6.07, 6.45) is 0. The summed E-state index contributed by atoms with van der Waals surface area (Å²) < 4.78 is 0. The van der Waals surface area contributed by atoms with Gasteiger partial charge in [0.1, 0.15) is 0 Å². The van der Waals surface area contributed by atoms with Crippen LogP contribution in [0.4, 0.5) is 0 Å². The van der Waals surface area contributed by atoms with Crippen molar-refractivity contribution < 1.29 is 0 Å². The van der Waals surface area contributed by atoms with Gasteiger partial charge in [0, 0.05) is 4.88 Å². The molecule has 0 aliphatic carbocycles. The molecule has 0 unspecified atom stereocenters. The van der Waals surface area contributed by atoms with E-state index in [-0.39, 0.29) is 18.4 Å². The van der Waals surface area contributed by atoms with Gasteiger partial charge in [0.05, 0.1) is 6.04 Å². The van der Waals surface area contributed by atoms with E-state index in [0.29, 0.717) is 0 Å². The van der Waals surface area contributed by atoms with Gasteiger partial charge >= 0.3 is 0 Å². The van der Waals surface area contributed by atoms with E-state index in [1.807, 2.05) is 24.3 Å². The van der Waals surface area contributed by atoms with Crippen LogP contribution in [0.25, 0.3) is 0 Å². The molecule has 0 saturated carbocycles. The number of hydrogen-bond donors (Lipinski definition) is 1. The van der Waals surface area contributed by atoms with Gasteiger partial charge in [0.25, 0.3) is 0 Å². The van der Waals surface area contributed by atoms with Crippen LogP contribution in [-0.4, -0.2) is 0 Å². The molecular formula is C11H12ClNS. The molecule has 0 aliphatic rings. The van der Waals surface area contributed by atoms with E-state index in [0.717, 1.165) is 0 Å². The van der Waals surface area contributed by atoms with Gasteiger partial charge in [-0.1, -0.05) is 36.4 Å². The molecule has 0 amide bonds. The molecule has 0 aliphatic heterocycles. The van der Waals surface area contributed by atoms with Gasteiger partial charge in [-0.3, -0.25) is 0 Å². The Hall–Kier alpha value is -0.830. The van der Waals surface area contributed by atoms with Crippen LogP contribution < -0.4 is 5.73 Å². The van der Waals surface area contributed by atoms with E-state index in [1.165, 1.54) is 10.4 Å². The minimum absolute atomic E-state index is 0. The molecule has 0 radical (unpaired) electrons. The maximum absolute atomic E-state index is 6.07. The molecule has 3 heteroatoms. The van der Waals surface area contributed by atoms with E-state index in [9.17, 15) is 0 Å². The van der Waals surface area contributed by atoms with Crippen molar-refractivity contribution in [3.63, 3.8) is 0 Å². The van der Waals surface area contributed by atoms with Crippen LogP contribution in [0.15, 0.2) is 47.8 Å². The van der Waals surface area contributed by atoms with Gasteiger partial charge in [-0.05, 0) is 17.0 Å². The molecule has 0 spiro atoms. The number of nitrogens with two attached hydrogens (primary N) is 1. The van der Waals surface area contributed by atoms with Crippen LogP contribution in [0.5, 0.6) is 0 Å². The molecule has 1 aromatic carbocycles. The Labute approximate surface area is 94.0 Å². The zero-order valence-electron chi connectivity index (χ0n) is 7.59. The van der Waals surface area contributed by atoms with Crippen molar-refractivity contribution in [1.82, 2.24) is 0 Å². The molecule has 0 bridgehead atoms. The van der Waals surface area contributed by atoms with Gasteiger partial charge in [0.2, 0.25) is 0 Å². The lowest BCUT2D eigenvalue weighted by Crippen LogP contribution is -2.09. The SMILES string of the molecule is Cl.N[C@H](c1ccccc1)c1cccs1. The predicted molar refractivity (Wildman–Crippen MR) is 64.0 cm³/mol. The molecular weight excluding hydrogens is 214 g/mol. The zero-order valence-corrected chi connectivity index (χ0v) is 9.22. The normalized spacial score (nSPS) is 11.8. The highest BCUT2D eigenvalue weighted by Gasteiger charge is 2.07. The summed E-state index contributed by atoms with van der Waals surface area (Å²) in [7, 11) is 0. The van der Waals surface area contributed by atoms with E-state index in [1.54, 1.807) is 11.3 Å². The quantitative estimate of drug-likeness (QED) is 0.835. The fourth-order valence-corrected chi connectivity index (χ4v) is 2.05. The maximum atomic E-state index is 6.07.